The van der Waals surface area contributed by atoms with Crippen molar-refractivity contribution in [3.05, 3.63) is 23.8 Å². The third kappa shape index (κ3) is 4.69. The molecule has 13 heavy (non-hydrogen) atoms. The summed E-state index contributed by atoms with van der Waals surface area (Å²) in [6.07, 6.45) is 8.34. The van der Waals surface area contributed by atoms with E-state index in [1.54, 1.807) is 0 Å². The van der Waals surface area contributed by atoms with Crippen molar-refractivity contribution < 1.29 is 13.0 Å². The molecule has 0 radical (unpaired) electrons. The van der Waals surface area contributed by atoms with Gasteiger partial charge in [-0.25, -0.2) is 0 Å². The lowest BCUT2D eigenvalue weighted by Gasteiger charge is -2.17. The number of hydrogen-bond acceptors (Lipinski definition) is 3. The van der Waals surface area contributed by atoms with Gasteiger partial charge in [-0.1, -0.05) is 12.2 Å². The number of hydrogen-bond donors (Lipinski definition) is 2. The highest BCUT2D eigenvalue weighted by atomic mass is 32.2. The maximum Gasteiger partial charge on any atom is 0.289 e. The Morgan fingerprint density at radius 2 is 2.23 bits per heavy atom. The molecule has 0 fully saturated rings. The highest BCUT2D eigenvalue weighted by Gasteiger charge is 2.06. The van der Waals surface area contributed by atoms with Gasteiger partial charge < -0.3 is 5.32 Å². The zero-order valence-electron chi connectivity index (χ0n) is 7.18. The first-order valence-corrected chi connectivity index (χ1v) is 5.63. The maximum absolute atomic E-state index is 10.3. The Morgan fingerprint density at radius 3 is 2.77 bits per heavy atom. The summed E-state index contributed by atoms with van der Waals surface area (Å²) in [5.41, 5.74) is 0. The summed E-state index contributed by atoms with van der Waals surface area (Å²) < 4.78 is 29.0. The van der Waals surface area contributed by atoms with Crippen LogP contribution in [0.5, 0.6) is 0 Å². The molecule has 0 unspecified atom stereocenters. The molecule has 1 aliphatic rings. The van der Waals surface area contributed by atoms with Gasteiger partial charge in [0.1, 0.15) is 0 Å². The number of rotatable bonds is 3. The van der Waals surface area contributed by atoms with Crippen molar-refractivity contribution in [1.29, 1.82) is 0 Å². The Kier molecular flexibility index (Phi) is 3.50. The Bertz CT molecular complexity index is 305. The molecule has 0 aromatic rings. The zero-order valence-corrected chi connectivity index (χ0v) is 8.00. The molecule has 74 valence electrons. The van der Waals surface area contributed by atoms with Crippen LogP contribution in [-0.2, 0) is 10.1 Å². The molecule has 0 spiro atoms. The molecule has 5 heteroatoms. The van der Waals surface area contributed by atoms with Crippen LogP contribution in [0, 0.1) is 0 Å². The summed E-state index contributed by atoms with van der Waals surface area (Å²) in [6.45, 7) is 0. The monoisotopic (exact) mass is 203 g/mol. The molecular weight excluding hydrogens is 190 g/mol. The van der Waals surface area contributed by atoms with Crippen LogP contribution in [0.3, 0.4) is 0 Å². The quantitative estimate of drug-likeness (QED) is 0.531. The van der Waals surface area contributed by atoms with E-state index < -0.39 is 10.1 Å². The van der Waals surface area contributed by atoms with E-state index in [0.717, 1.165) is 24.7 Å². The van der Waals surface area contributed by atoms with Crippen LogP contribution in [0.2, 0.25) is 0 Å². The molecular formula is C8H13NO3S. The molecule has 1 atom stereocenters. The molecule has 2 N–H and O–H groups in total. The Hall–Kier alpha value is -0.810. The normalized spacial score (nSPS) is 23.6. The molecule has 0 aromatic heterocycles. The Balaban J connectivity index is 2.34. The molecule has 0 bridgehead atoms. The summed E-state index contributed by atoms with van der Waals surface area (Å²) >= 11 is 0. The highest BCUT2D eigenvalue weighted by Crippen LogP contribution is 2.10. The van der Waals surface area contributed by atoms with Crippen LogP contribution >= 0.6 is 0 Å². The minimum Gasteiger partial charge on any atom is -0.387 e. The Morgan fingerprint density at radius 1 is 1.46 bits per heavy atom. The van der Waals surface area contributed by atoms with Gasteiger partial charge >= 0.3 is 0 Å². The Labute approximate surface area is 78.1 Å². The highest BCUT2D eigenvalue weighted by molar-refractivity contribution is 7.88. The average Bonchev–Trinajstić information content (AvgIpc) is 2.04. The van der Waals surface area contributed by atoms with Gasteiger partial charge in [0, 0.05) is 12.2 Å². The van der Waals surface area contributed by atoms with Gasteiger partial charge in [-0.15, -0.1) is 0 Å². The van der Waals surface area contributed by atoms with Crippen LogP contribution in [0.15, 0.2) is 23.8 Å². The second kappa shape index (κ2) is 4.43. The number of nitrogens with one attached hydrogen (secondary N) is 1. The minimum atomic E-state index is -3.99. The summed E-state index contributed by atoms with van der Waals surface area (Å²) in [4.78, 5) is 0. The SMILES string of the molecule is O=S(=O)(O)/C=C\N[C@@H]1CC=CCC1. The van der Waals surface area contributed by atoms with E-state index in [0.29, 0.717) is 0 Å². The van der Waals surface area contributed by atoms with Crippen molar-refractivity contribution >= 4 is 10.1 Å². The largest absolute Gasteiger partial charge is 0.387 e. The standard InChI is InChI=1S/C8H13NO3S/c10-13(11,12)7-6-9-8-4-2-1-3-5-8/h1-2,6-9H,3-5H2,(H,10,11,12)/b7-6-/t8-/m1/s1. The predicted molar refractivity (Wildman–Crippen MR) is 50.6 cm³/mol. The predicted octanol–water partition coefficient (Wildman–Crippen LogP) is 1.04. The van der Waals surface area contributed by atoms with Crippen molar-refractivity contribution in [1.82, 2.24) is 5.32 Å². The van der Waals surface area contributed by atoms with E-state index in [9.17, 15) is 8.42 Å². The van der Waals surface area contributed by atoms with Gasteiger partial charge in [-0.3, -0.25) is 4.55 Å². The molecule has 0 aromatic carbocycles. The van der Waals surface area contributed by atoms with E-state index in [1.165, 1.54) is 6.20 Å². The zero-order chi connectivity index (χ0) is 9.73. The summed E-state index contributed by atoms with van der Waals surface area (Å²) in [5.74, 6) is 0. The van der Waals surface area contributed by atoms with Crippen molar-refractivity contribution in [2.24, 2.45) is 0 Å². The third-order valence-electron chi connectivity index (χ3n) is 1.84. The molecule has 0 saturated carbocycles. The van der Waals surface area contributed by atoms with Gasteiger partial charge in [0.15, 0.2) is 0 Å². The van der Waals surface area contributed by atoms with Crippen molar-refractivity contribution in [2.45, 2.75) is 25.3 Å². The maximum atomic E-state index is 10.3. The molecule has 1 aliphatic carbocycles. The fraction of sp³-hybridized carbons (Fsp3) is 0.500. The summed E-state index contributed by atoms with van der Waals surface area (Å²) in [6, 6.07) is 0.281. The second-order valence-corrected chi connectivity index (χ2v) is 4.27. The van der Waals surface area contributed by atoms with Crippen molar-refractivity contribution in [3.8, 4) is 0 Å². The molecule has 0 aliphatic heterocycles. The third-order valence-corrected chi connectivity index (χ3v) is 2.32. The average molecular weight is 203 g/mol. The van der Waals surface area contributed by atoms with Crippen molar-refractivity contribution in [2.75, 3.05) is 0 Å². The van der Waals surface area contributed by atoms with E-state index in [2.05, 4.69) is 17.5 Å². The first-order valence-electron chi connectivity index (χ1n) is 4.13. The lowest BCUT2D eigenvalue weighted by Crippen LogP contribution is -2.24. The first kappa shape index (κ1) is 10.3. The van der Waals surface area contributed by atoms with Gasteiger partial charge in [0.05, 0.1) is 5.41 Å². The van der Waals surface area contributed by atoms with Crippen LogP contribution in [0.1, 0.15) is 19.3 Å². The summed E-state index contributed by atoms with van der Waals surface area (Å²) in [7, 11) is -3.99. The van der Waals surface area contributed by atoms with Crippen LogP contribution in [0.25, 0.3) is 0 Å². The van der Waals surface area contributed by atoms with Crippen LogP contribution in [-0.4, -0.2) is 19.0 Å². The molecule has 0 amide bonds. The van der Waals surface area contributed by atoms with Crippen LogP contribution in [0.4, 0.5) is 0 Å². The molecule has 4 nitrogen and oxygen atoms in total. The minimum absolute atomic E-state index is 0.281. The fourth-order valence-electron chi connectivity index (χ4n) is 1.21. The molecule has 1 rings (SSSR count). The first-order chi connectivity index (χ1) is 6.08. The lowest BCUT2D eigenvalue weighted by atomic mass is 10.0. The van der Waals surface area contributed by atoms with E-state index in [1.807, 2.05) is 0 Å². The molecule has 0 saturated heterocycles. The van der Waals surface area contributed by atoms with Gasteiger partial charge in [-0.05, 0) is 19.3 Å². The topological polar surface area (TPSA) is 66.4 Å². The van der Waals surface area contributed by atoms with Gasteiger partial charge in [-0.2, -0.15) is 8.42 Å². The fourth-order valence-corrected chi connectivity index (χ4v) is 1.46. The summed E-state index contributed by atoms with van der Waals surface area (Å²) in [5, 5.41) is 3.66. The van der Waals surface area contributed by atoms with E-state index in [4.69, 9.17) is 4.55 Å². The van der Waals surface area contributed by atoms with Gasteiger partial charge in [0.25, 0.3) is 10.1 Å². The molecule has 0 heterocycles. The number of allylic oxidation sites excluding steroid dienone is 1. The smallest absolute Gasteiger partial charge is 0.289 e. The lowest BCUT2D eigenvalue weighted by molar-refractivity contribution is 0.493. The van der Waals surface area contributed by atoms with Crippen LogP contribution < -0.4 is 5.32 Å². The van der Waals surface area contributed by atoms with E-state index >= 15 is 0 Å². The second-order valence-electron chi connectivity index (χ2n) is 2.97. The van der Waals surface area contributed by atoms with Crippen molar-refractivity contribution in [3.63, 3.8) is 0 Å². The van der Waals surface area contributed by atoms with Gasteiger partial charge in [0.2, 0.25) is 0 Å². The van der Waals surface area contributed by atoms with E-state index in [-0.39, 0.29) is 6.04 Å².